The van der Waals surface area contributed by atoms with E-state index >= 15 is 0 Å². The molecule has 0 fully saturated rings. The Balaban J connectivity index is 0.00000108. The molecular formula is C15H15NO. The first kappa shape index (κ1) is 11.6. The summed E-state index contributed by atoms with van der Waals surface area (Å²) in [4.78, 5) is 11.6. The van der Waals surface area contributed by atoms with Gasteiger partial charge in [-0.3, -0.25) is 4.79 Å². The first-order valence-corrected chi connectivity index (χ1v) is 5.48. The number of hydrogen-bond donors (Lipinski definition) is 1. The molecule has 0 bridgehead atoms. The number of carbonyl (C=O) groups is 1. The highest BCUT2D eigenvalue weighted by atomic mass is 16.1. The summed E-state index contributed by atoms with van der Waals surface area (Å²) >= 11 is 0. The van der Waals surface area contributed by atoms with Crippen LogP contribution in [0, 0.1) is 0 Å². The van der Waals surface area contributed by atoms with Gasteiger partial charge >= 0.3 is 0 Å². The third-order valence-corrected chi connectivity index (χ3v) is 3.23. The van der Waals surface area contributed by atoms with Crippen LogP contribution in [0.2, 0.25) is 0 Å². The molecular weight excluding hydrogens is 210 g/mol. The molecule has 0 spiro atoms. The average molecular weight is 225 g/mol. The van der Waals surface area contributed by atoms with Crippen molar-refractivity contribution < 1.29 is 4.79 Å². The predicted molar refractivity (Wildman–Crippen MR) is 69.7 cm³/mol. The Labute approximate surface area is 101 Å². The first-order valence-electron chi connectivity index (χ1n) is 5.48. The highest BCUT2D eigenvalue weighted by Crippen LogP contribution is 2.37. The summed E-state index contributed by atoms with van der Waals surface area (Å²) in [7, 11) is 0. The van der Waals surface area contributed by atoms with Crippen LogP contribution in [0.4, 0.5) is 0 Å². The van der Waals surface area contributed by atoms with Gasteiger partial charge in [0, 0.05) is 5.56 Å². The summed E-state index contributed by atoms with van der Waals surface area (Å²) in [6.45, 7) is 1.64. The maximum atomic E-state index is 11.6. The molecule has 2 nitrogen and oxygen atoms in total. The number of fused-ring (bicyclic) bond motifs is 3. The van der Waals surface area contributed by atoms with Gasteiger partial charge in [0.05, 0.1) is 0 Å². The number of rotatable bonds is 1. The predicted octanol–water partition coefficient (Wildman–Crippen LogP) is 3.62. The smallest absolute Gasteiger partial charge is 0.160 e. The van der Waals surface area contributed by atoms with Gasteiger partial charge < -0.3 is 6.15 Å². The van der Waals surface area contributed by atoms with Crippen molar-refractivity contribution in [2.24, 2.45) is 0 Å². The molecule has 0 amide bonds. The molecule has 1 aliphatic carbocycles. The van der Waals surface area contributed by atoms with Crippen LogP contribution in [0.5, 0.6) is 0 Å². The van der Waals surface area contributed by atoms with E-state index in [1.54, 1.807) is 6.92 Å². The molecule has 3 rings (SSSR count). The standard InChI is InChI=1S/C15H12O.H3N/c1-10(16)12-7-4-8-14-13-6-3-2-5-11(13)9-15(12)14;/h2-8H,9H2,1H3;1H3. The van der Waals surface area contributed by atoms with Gasteiger partial charge in [0.15, 0.2) is 5.78 Å². The van der Waals surface area contributed by atoms with E-state index in [9.17, 15) is 4.79 Å². The first-order chi connectivity index (χ1) is 7.77. The summed E-state index contributed by atoms with van der Waals surface area (Å²) in [5.74, 6) is 0.157. The number of benzene rings is 2. The molecule has 0 saturated carbocycles. The lowest BCUT2D eigenvalue weighted by molar-refractivity contribution is 0.101. The maximum Gasteiger partial charge on any atom is 0.160 e. The summed E-state index contributed by atoms with van der Waals surface area (Å²) < 4.78 is 0. The SMILES string of the molecule is CC(=O)c1cccc2c1Cc1ccccc1-2.N. The molecule has 0 aromatic heterocycles. The minimum absolute atomic E-state index is 0. The fourth-order valence-electron chi connectivity index (χ4n) is 2.49. The van der Waals surface area contributed by atoms with E-state index in [1.165, 1.54) is 22.3 Å². The van der Waals surface area contributed by atoms with E-state index in [1.807, 2.05) is 18.2 Å². The molecule has 1 aliphatic rings. The molecule has 3 N–H and O–H groups in total. The van der Waals surface area contributed by atoms with Crippen molar-refractivity contribution >= 4 is 5.78 Å². The van der Waals surface area contributed by atoms with Crippen molar-refractivity contribution in [1.82, 2.24) is 6.15 Å². The third kappa shape index (κ3) is 1.67. The summed E-state index contributed by atoms with van der Waals surface area (Å²) in [5.41, 5.74) is 5.89. The van der Waals surface area contributed by atoms with Gasteiger partial charge in [0.1, 0.15) is 0 Å². The van der Waals surface area contributed by atoms with E-state index in [2.05, 4.69) is 24.3 Å². The van der Waals surface area contributed by atoms with Crippen LogP contribution in [0.3, 0.4) is 0 Å². The molecule has 2 aromatic rings. The van der Waals surface area contributed by atoms with Crippen LogP contribution in [0.15, 0.2) is 42.5 Å². The van der Waals surface area contributed by atoms with E-state index in [0.717, 1.165) is 12.0 Å². The van der Waals surface area contributed by atoms with E-state index < -0.39 is 0 Å². The molecule has 17 heavy (non-hydrogen) atoms. The van der Waals surface area contributed by atoms with Gasteiger partial charge in [-0.25, -0.2) is 0 Å². The monoisotopic (exact) mass is 225 g/mol. The molecule has 0 saturated heterocycles. The third-order valence-electron chi connectivity index (χ3n) is 3.23. The Morgan fingerprint density at radius 1 is 1.00 bits per heavy atom. The Hall–Kier alpha value is -1.93. The number of carbonyl (C=O) groups excluding carboxylic acids is 1. The van der Waals surface area contributed by atoms with E-state index in [-0.39, 0.29) is 11.9 Å². The maximum absolute atomic E-state index is 11.6. The van der Waals surface area contributed by atoms with Crippen molar-refractivity contribution in [3.05, 3.63) is 59.2 Å². The summed E-state index contributed by atoms with van der Waals surface area (Å²) in [6.07, 6.45) is 0.890. The van der Waals surface area contributed by atoms with Crippen LogP contribution in [0.1, 0.15) is 28.4 Å². The molecule has 0 radical (unpaired) electrons. The molecule has 0 aliphatic heterocycles. The van der Waals surface area contributed by atoms with Crippen LogP contribution in [-0.4, -0.2) is 5.78 Å². The Bertz CT molecular complexity index is 587. The van der Waals surface area contributed by atoms with Crippen molar-refractivity contribution in [2.75, 3.05) is 0 Å². The second-order valence-corrected chi connectivity index (χ2v) is 4.22. The largest absolute Gasteiger partial charge is 0.344 e. The van der Waals surface area contributed by atoms with Crippen LogP contribution in [-0.2, 0) is 6.42 Å². The lowest BCUT2D eigenvalue weighted by Crippen LogP contribution is -1.97. The highest BCUT2D eigenvalue weighted by molar-refractivity contribution is 5.98. The minimum Gasteiger partial charge on any atom is -0.344 e. The minimum atomic E-state index is 0. The highest BCUT2D eigenvalue weighted by Gasteiger charge is 2.21. The summed E-state index contributed by atoms with van der Waals surface area (Å²) in [6, 6.07) is 14.4. The number of ketones is 1. The molecule has 2 heteroatoms. The van der Waals surface area contributed by atoms with Gasteiger partial charge in [-0.2, -0.15) is 0 Å². The van der Waals surface area contributed by atoms with Gasteiger partial charge in [0.2, 0.25) is 0 Å². The normalized spacial score (nSPS) is 11.4. The molecule has 0 atom stereocenters. The van der Waals surface area contributed by atoms with Gasteiger partial charge in [-0.1, -0.05) is 42.5 Å². The molecule has 0 heterocycles. The van der Waals surface area contributed by atoms with Crippen molar-refractivity contribution in [3.8, 4) is 11.1 Å². The molecule has 86 valence electrons. The average Bonchev–Trinajstić information content (AvgIpc) is 2.67. The summed E-state index contributed by atoms with van der Waals surface area (Å²) in [5, 5.41) is 0. The van der Waals surface area contributed by atoms with Gasteiger partial charge in [-0.15, -0.1) is 0 Å². The van der Waals surface area contributed by atoms with E-state index in [4.69, 9.17) is 0 Å². The molecule has 0 unspecified atom stereocenters. The second-order valence-electron chi connectivity index (χ2n) is 4.22. The zero-order valence-corrected chi connectivity index (χ0v) is 9.86. The van der Waals surface area contributed by atoms with Gasteiger partial charge in [0.25, 0.3) is 0 Å². The van der Waals surface area contributed by atoms with Crippen molar-refractivity contribution in [1.29, 1.82) is 0 Å². The lowest BCUT2D eigenvalue weighted by atomic mass is 9.99. The van der Waals surface area contributed by atoms with E-state index in [0.29, 0.717) is 0 Å². The van der Waals surface area contributed by atoms with Crippen LogP contribution in [0.25, 0.3) is 11.1 Å². The molecule has 2 aromatic carbocycles. The fraction of sp³-hybridized carbons (Fsp3) is 0.133. The van der Waals surface area contributed by atoms with Crippen molar-refractivity contribution in [3.63, 3.8) is 0 Å². The van der Waals surface area contributed by atoms with Crippen molar-refractivity contribution in [2.45, 2.75) is 13.3 Å². The topological polar surface area (TPSA) is 52.1 Å². The van der Waals surface area contributed by atoms with Crippen LogP contribution >= 0.6 is 0 Å². The number of hydrogen-bond acceptors (Lipinski definition) is 2. The number of Topliss-reactive ketones (excluding diaryl/α,β-unsaturated/α-hetero) is 1. The van der Waals surface area contributed by atoms with Gasteiger partial charge in [-0.05, 0) is 35.6 Å². The Kier molecular flexibility index (Phi) is 2.82. The zero-order chi connectivity index (χ0) is 11.1. The quantitative estimate of drug-likeness (QED) is 0.643. The zero-order valence-electron chi connectivity index (χ0n) is 9.86. The lowest BCUT2D eigenvalue weighted by Gasteiger charge is -2.04. The van der Waals surface area contributed by atoms with Crippen LogP contribution < -0.4 is 6.15 Å². The second kappa shape index (κ2) is 4.15. The fourth-order valence-corrected chi connectivity index (χ4v) is 2.49. The Morgan fingerprint density at radius 3 is 2.47 bits per heavy atom. The Morgan fingerprint density at radius 2 is 1.71 bits per heavy atom.